The third-order valence-electron chi connectivity index (χ3n) is 3.61. The smallest absolute Gasteiger partial charge is 0.224 e. The minimum absolute atomic E-state index is 0.187. The quantitative estimate of drug-likeness (QED) is 0.545. The SMILES string of the molecule is NNc1cn2ccnc2c(NCCC(=O)N2CCCC2)n1. The third-order valence-corrected chi connectivity index (χ3v) is 3.61. The second kappa shape index (κ2) is 5.96. The van der Waals surface area contributed by atoms with E-state index >= 15 is 0 Å². The van der Waals surface area contributed by atoms with E-state index in [2.05, 4.69) is 20.7 Å². The zero-order chi connectivity index (χ0) is 14.7. The van der Waals surface area contributed by atoms with Gasteiger partial charge in [0.1, 0.15) is 0 Å². The van der Waals surface area contributed by atoms with Crippen molar-refractivity contribution >= 4 is 23.2 Å². The van der Waals surface area contributed by atoms with Crippen LogP contribution in [0.15, 0.2) is 18.6 Å². The minimum Gasteiger partial charge on any atom is -0.366 e. The second-order valence-corrected chi connectivity index (χ2v) is 5.04. The van der Waals surface area contributed by atoms with Crippen LogP contribution in [0.5, 0.6) is 0 Å². The molecule has 0 saturated carbocycles. The Morgan fingerprint density at radius 3 is 2.95 bits per heavy atom. The van der Waals surface area contributed by atoms with Crippen LogP contribution in [0.2, 0.25) is 0 Å². The third kappa shape index (κ3) is 2.89. The lowest BCUT2D eigenvalue weighted by atomic mass is 10.3. The van der Waals surface area contributed by atoms with Crippen molar-refractivity contribution in [1.29, 1.82) is 0 Å². The van der Waals surface area contributed by atoms with Gasteiger partial charge in [0.2, 0.25) is 5.91 Å². The number of rotatable bonds is 5. The van der Waals surface area contributed by atoms with Crippen molar-refractivity contribution < 1.29 is 4.79 Å². The maximum Gasteiger partial charge on any atom is 0.224 e. The van der Waals surface area contributed by atoms with E-state index in [4.69, 9.17) is 5.84 Å². The summed E-state index contributed by atoms with van der Waals surface area (Å²) in [6.45, 7) is 2.29. The van der Waals surface area contributed by atoms with E-state index in [0.29, 0.717) is 30.2 Å². The van der Waals surface area contributed by atoms with Gasteiger partial charge in [-0.2, -0.15) is 0 Å². The van der Waals surface area contributed by atoms with Crippen molar-refractivity contribution in [1.82, 2.24) is 19.3 Å². The van der Waals surface area contributed by atoms with E-state index in [1.807, 2.05) is 15.5 Å². The number of hydrogen-bond acceptors (Lipinski definition) is 6. The highest BCUT2D eigenvalue weighted by Gasteiger charge is 2.17. The van der Waals surface area contributed by atoms with Crippen LogP contribution in [-0.2, 0) is 4.79 Å². The number of fused-ring (bicyclic) bond motifs is 1. The molecule has 2 aromatic heterocycles. The highest BCUT2D eigenvalue weighted by Crippen LogP contribution is 2.16. The number of imidazole rings is 1. The molecular weight excluding hydrogens is 270 g/mol. The number of nitrogen functional groups attached to an aromatic ring is 1. The normalized spacial score (nSPS) is 14.6. The van der Waals surface area contributed by atoms with Gasteiger partial charge in [0.25, 0.3) is 0 Å². The van der Waals surface area contributed by atoms with E-state index < -0.39 is 0 Å². The largest absolute Gasteiger partial charge is 0.366 e. The first-order valence-electron chi connectivity index (χ1n) is 7.10. The fourth-order valence-electron chi connectivity index (χ4n) is 2.53. The summed E-state index contributed by atoms with van der Waals surface area (Å²) in [6.07, 6.45) is 7.94. The number of nitrogens with zero attached hydrogens (tertiary/aromatic N) is 4. The van der Waals surface area contributed by atoms with Crippen molar-refractivity contribution in [2.75, 3.05) is 30.4 Å². The number of amides is 1. The maximum atomic E-state index is 12.0. The molecule has 0 aromatic carbocycles. The molecule has 0 aliphatic carbocycles. The average Bonchev–Trinajstić information content (AvgIpc) is 3.17. The molecule has 3 rings (SSSR count). The van der Waals surface area contributed by atoms with Crippen molar-refractivity contribution in [3.63, 3.8) is 0 Å². The molecule has 112 valence electrons. The average molecular weight is 289 g/mol. The molecule has 1 aliphatic heterocycles. The molecule has 4 N–H and O–H groups in total. The maximum absolute atomic E-state index is 12.0. The van der Waals surface area contributed by atoms with E-state index in [9.17, 15) is 4.79 Å². The van der Waals surface area contributed by atoms with Gasteiger partial charge in [-0.25, -0.2) is 15.8 Å². The van der Waals surface area contributed by atoms with Gasteiger partial charge in [-0.1, -0.05) is 0 Å². The first-order valence-corrected chi connectivity index (χ1v) is 7.10. The van der Waals surface area contributed by atoms with Crippen molar-refractivity contribution in [2.45, 2.75) is 19.3 Å². The van der Waals surface area contributed by atoms with Crippen LogP contribution in [-0.4, -0.2) is 44.8 Å². The number of aromatic nitrogens is 3. The zero-order valence-corrected chi connectivity index (χ0v) is 11.7. The van der Waals surface area contributed by atoms with Crippen LogP contribution in [0.1, 0.15) is 19.3 Å². The van der Waals surface area contributed by atoms with Crippen LogP contribution in [0.3, 0.4) is 0 Å². The van der Waals surface area contributed by atoms with Crippen LogP contribution < -0.4 is 16.6 Å². The molecule has 8 nitrogen and oxygen atoms in total. The van der Waals surface area contributed by atoms with Gasteiger partial charge in [-0.15, -0.1) is 0 Å². The van der Waals surface area contributed by atoms with Gasteiger partial charge in [-0.05, 0) is 12.8 Å². The first-order chi connectivity index (χ1) is 10.3. The molecular formula is C13H19N7O. The van der Waals surface area contributed by atoms with Crippen LogP contribution in [0.25, 0.3) is 5.65 Å². The molecule has 1 aliphatic rings. The number of anilines is 2. The number of likely N-dealkylation sites (tertiary alicyclic amines) is 1. The Balaban J connectivity index is 1.64. The van der Waals surface area contributed by atoms with Gasteiger partial charge in [-0.3, -0.25) is 4.79 Å². The Bertz CT molecular complexity index is 632. The highest BCUT2D eigenvalue weighted by molar-refractivity contribution is 5.77. The molecule has 1 amide bonds. The summed E-state index contributed by atoms with van der Waals surface area (Å²) < 4.78 is 1.83. The molecule has 2 aromatic rings. The Morgan fingerprint density at radius 1 is 1.38 bits per heavy atom. The summed E-state index contributed by atoms with van der Waals surface area (Å²) in [5.41, 5.74) is 3.23. The van der Waals surface area contributed by atoms with E-state index in [-0.39, 0.29) is 5.91 Å². The Labute approximate surface area is 122 Å². The van der Waals surface area contributed by atoms with E-state index in [1.165, 1.54) is 0 Å². The molecule has 0 unspecified atom stereocenters. The molecule has 21 heavy (non-hydrogen) atoms. The predicted octanol–water partition coefficient (Wildman–Crippen LogP) is 0.439. The molecule has 0 atom stereocenters. The summed E-state index contributed by atoms with van der Waals surface area (Å²) in [5.74, 6) is 6.74. The summed E-state index contributed by atoms with van der Waals surface area (Å²) in [5, 5.41) is 3.17. The second-order valence-electron chi connectivity index (χ2n) is 5.04. The van der Waals surface area contributed by atoms with E-state index in [0.717, 1.165) is 25.9 Å². The van der Waals surface area contributed by atoms with Gasteiger partial charge in [0.15, 0.2) is 17.3 Å². The summed E-state index contributed by atoms with van der Waals surface area (Å²) in [4.78, 5) is 22.5. The van der Waals surface area contributed by atoms with E-state index in [1.54, 1.807) is 12.4 Å². The number of hydrazine groups is 1. The number of hydrogen-bond donors (Lipinski definition) is 3. The number of nitrogens with two attached hydrogens (primary N) is 1. The molecule has 1 saturated heterocycles. The fraction of sp³-hybridized carbons (Fsp3) is 0.462. The van der Waals surface area contributed by atoms with Crippen molar-refractivity contribution in [2.24, 2.45) is 5.84 Å². The predicted molar refractivity (Wildman–Crippen MR) is 79.7 cm³/mol. The van der Waals surface area contributed by atoms with Gasteiger partial charge in [0, 0.05) is 38.4 Å². The van der Waals surface area contributed by atoms with Gasteiger partial charge < -0.3 is 20.0 Å². The molecule has 0 radical (unpaired) electrons. The van der Waals surface area contributed by atoms with Crippen molar-refractivity contribution in [3.8, 4) is 0 Å². The molecule has 1 fully saturated rings. The molecule has 8 heteroatoms. The lowest BCUT2D eigenvalue weighted by molar-refractivity contribution is -0.129. The van der Waals surface area contributed by atoms with Gasteiger partial charge >= 0.3 is 0 Å². The Hall–Kier alpha value is -2.35. The number of carbonyl (C=O) groups is 1. The van der Waals surface area contributed by atoms with Crippen LogP contribution >= 0.6 is 0 Å². The molecule has 3 heterocycles. The summed E-state index contributed by atoms with van der Waals surface area (Å²) >= 11 is 0. The van der Waals surface area contributed by atoms with Gasteiger partial charge in [0.05, 0.1) is 6.20 Å². The monoisotopic (exact) mass is 289 g/mol. The summed E-state index contributed by atoms with van der Waals surface area (Å²) in [7, 11) is 0. The Kier molecular flexibility index (Phi) is 3.87. The van der Waals surface area contributed by atoms with Crippen LogP contribution in [0.4, 0.5) is 11.6 Å². The Morgan fingerprint density at radius 2 is 2.19 bits per heavy atom. The standard InChI is InChI=1S/C13H19N7O/c14-18-10-9-20-8-5-16-13(20)12(17-10)15-4-3-11(21)19-6-1-2-7-19/h5,8-9,18H,1-4,6-7,14H2,(H,15,17). The topological polar surface area (TPSA) is 101 Å². The molecule has 0 bridgehead atoms. The lowest BCUT2D eigenvalue weighted by Crippen LogP contribution is -2.29. The lowest BCUT2D eigenvalue weighted by Gasteiger charge is -2.15. The number of nitrogens with one attached hydrogen (secondary N) is 2. The first kappa shape index (κ1) is 13.6. The molecule has 0 spiro atoms. The minimum atomic E-state index is 0.187. The fourth-order valence-corrected chi connectivity index (χ4v) is 2.53. The van der Waals surface area contributed by atoms with Crippen LogP contribution in [0, 0.1) is 0 Å². The number of carbonyl (C=O) groups excluding carboxylic acids is 1. The summed E-state index contributed by atoms with van der Waals surface area (Å²) in [6, 6.07) is 0. The van der Waals surface area contributed by atoms with Crippen molar-refractivity contribution in [3.05, 3.63) is 18.6 Å². The zero-order valence-electron chi connectivity index (χ0n) is 11.7. The highest BCUT2D eigenvalue weighted by atomic mass is 16.2.